The number of alkyl halides is 3. The zero-order valence-corrected chi connectivity index (χ0v) is 18.9. The van der Waals surface area contributed by atoms with E-state index in [1.165, 1.54) is 12.1 Å². The summed E-state index contributed by atoms with van der Waals surface area (Å²) in [6.07, 6.45) is -3.70. The number of para-hydroxylation sites is 1. The molecule has 34 heavy (non-hydrogen) atoms. The summed E-state index contributed by atoms with van der Waals surface area (Å²) in [5, 5.41) is 8.74. The lowest BCUT2D eigenvalue weighted by molar-refractivity contribution is -0.139. The highest BCUT2D eigenvalue weighted by Gasteiger charge is 2.30. The van der Waals surface area contributed by atoms with Crippen LogP contribution in [0.25, 0.3) is 22.6 Å². The van der Waals surface area contributed by atoms with E-state index >= 15 is 0 Å². The summed E-state index contributed by atoms with van der Waals surface area (Å²) >= 11 is 1.64. The number of aryl methyl sites for hydroxylation is 2. The minimum atomic E-state index is -4.39. The second kappa shape index (κ2) is 9.80. The summed E-state index contributed by atoms with van der Waals surface area (Å²) in [7, 11) is 0. The van der Waals surface area contributed by atoms with Crippen molar-refractivity contribution in [3.05, 3.63) is 77.4 Å². The number of carboxylic acid groups (broad SMARTS) is 1. The minimum absolute atomic E-state index is 0.274. The number of carboxylic acids is 1. The van der Waals surface area contributed by atoms with Crippen LogP contribution < -0.4 is 4.74 Å². The van der Waals surface area contributed by atoms with Crippen molar-refractivity contribution in [2.45, 2.75) is 24.4 Å². The molecule has 4 rings (SSSR count). The fraction of sp³-hybridized carbons (Fsp3) is 0.200. The van der Waals surface area contributed by atoms with Gasteiger partial charge >= 0.3 is 12.1 Å². The number of hydrogen-bond donors (Lipinski definition) is 1. The van der Waals surface area contributed by atoms with Crippen LogP contribution in [-0.4, -0.2) is 28.4 Å². The number of fused-ring (bicyclic) bond motifs is 1. The lowest BCUT2D eigenvalue weighted by Gasteiger charge is -2.09. The van der Waals surface area contributed by atoms with E-state index in [2.05, 4.69) is 4.98 Å². The first-order valence-corrected chi connectivity index (χ1v) is 11.3. The van der Waals surface area contributed by atoms with Crippen molar-refractivity contribution in [3.63, 3.8) is 0 Å². The standard InChI is InChI=1S/C25H20F3NO4S/c1-15-13-19(9-10-21(15)32-14-22(30)31)34-12-11-16-3-2-4-20-23(16)33-24(29-20)17-5-7-18(8-6-17)25(26,27)28/h2-10,13H,11-12,14H2,1H3,(H,30,31). The predicted octanol–water partition coefficient (Wildman–Crippen LogP) is 6.62. The second-order valence-electron chi connectivity index (χ2n) is 7.57. The van der Waals surface area contributed by atoms with Crippen LogP contribution in [0.2, 0.25) is 0 Å². The molecule has 0 unspecified atom stereocenters. The van der Waals surface area contributed by atoms with Crippen molar-refractivity contribution in [3.8, 4) is 17.2 Å². The summed E-state index contributed by atoms with van der Waals surface area (Å²) in [6, 6.07) is 16.0. The van der Waals surface area contributed by atoms with Gasteiger partial charge in [-0.2, -0.15) is 13.2 Å². The summed E-state index contributed by atoms with van der Waals surface area (Å²) in [4.78, 5) is 16.1. The number of rotatable bonds is 8. The van der Waals surface area contributed by atoms with Gasteiger partial charge in [-0.25, -0.2) is 9.78 Å². The molecule has 0 bridgehead atoms. The SMILES string of the molecule is Cc1cc(SCCc2cccc3nc(-c4ccc(C(F)(F)F)cc4)oc23)ccc1OCC(=O)O. The van der Waals surface area contributed by atoms with Crippen molar-refractivity contribution in [1.29, 1.82) is 0 Å². The average Bonchev–Trinajstić information content (AvgIpc) is 3.23. The van der Waals surface area contributed by atoms with Crippen LogP contribution in [-0.2, 0) is 17.4 Å². The zero-order chi connectivity index (χ0) is 24.3. The van der Waals surface area contributed by atoms with Gasteiger partial charge in [0.15, 0.2) is 12.2 Å². The number of aromatic nitrogens is 1. The Morgan fingerprint density at radius 2 is 1.88 bits per heavy atom. The van der Waals surface area contributed by atoms with Crippen molar-refractivity contribution in [2.75, 3.05) is 12.4 Å². The maximum atomic E-state index is 12.8. The third kappa shape index (κ3) is 5.53. The Labute approximate surface area is 197 Å². The Bertz CT molecular complexity index is 1320. The highest BCUT2D eigenvalue weighted by molar-refractivity contribution is 7.99. The molecular formula is C25H20F3NO4S. The Balaban J connectivity index is 1.44. The van der Waals surface area contributed by atoms with Gasteiger partial charge in [0.25, 0.3) is 0 Å². The van der Waals surface area contributed by atoms with E-state index in [0.717, 1.165) is 33.9 Å². The van der Waals surface area contributed by atoms with Crippen LogP contribution in [0.15, 0.2) is 70.0 Å². The molecule has 4 aromatic rings. The lowest BCUT2D eigenvalue weighted by atomic mass is 10.1. The van der Waals surface area contributed by atoms with Crippen LogP contribution in [0.5, 0.6) is 5.75 Å². The Kier molecular flexibility index (Phi) is 6.83. The van der Waals surface area contributed by atoms with Crippen molar-refractivity contribution in [2.24, 2.45) is 0 Å². The number of thioether (sulfide) groups is 1. The van der Waals surface area contributed by atoms with E-state index in [-0.39, 0.29) is 12.5 Å². The molecule has 0 atom stereocenters. The lowest BCUT2D eigenvalue weighted by Crippen LogP contribution is -2.10. The zero-order valence-electron chi connectivity index (χ0n) is 18.1. The fourth-order valence-corrected chi connectivity index (χ4v) is 4.40. The summed E-state index contributed by atoms with van der Waals surface area (Å²) in [5.41, 5.74) is 2.82. The molecule has 0 spiro atoms. The van der Waals surface area contributed by atoms with E-state index in [9.17, 15) is 18.0 Å². The topological polar surface area (TPSA) is 72.6 Å². The monoisotopic (exact) mass is 487 g/mol. The van der Waals surface area contributed by atoms with Gasteiger partial charge in [-0.3, -0.25) is 0 Å². The Hall–Kier alpha value is -3.46. The van der Waals surface area contributed by atoms with Crippen LogP contribution in [0.4, 0.5) is 13.2 Å². The van der Waals surface area contributed by atoms with Crippen LogP contribution in [0.3, 0.4) is 0 Å². The molecule has 176 valence electrons. The van der Waals surface area contributed by atoms with E-state index in [1.54, 1.807) is 17.8 Å². The highest BCUT2D eigenvalue weighted by atomic mass is 32.2. The first-order valence-electron chi connectivity index (χ1n) is 10.3. The van der Waals surface area contributed by atoms with E-state index in [0.29, 0.717) is 28.8 Å². The number of ether oxygens (including phenoxy) is 1. The molecule has 0 aliphatic carbocycles. The van der Waals surface area contributed by atoms with Gasteiger partial charge in [-0.15, -0.1) is 11.8 Å². The van der Waals surface area contributed by atoms with E-state index in [4.69, 9.17) is 14.3 Å². The number of aliphatic carboxylic acids is 1. The first-order chi connectivity index (χ1) is 16.2. The van der Waals surface area contributed by atoms with Gasteiger partial charge in [0.2, 0.25) is 5.89 Å². The van der Waals surface area contributed by atoms with Crippen LogP contribution in [0, 0.1) is 6.92 Å². The highest BCUT2D eigenvalue weighted by Crippen LogP contribution is 2.33. The number of hydrogen-bond acceptors (Lipinski definition) is 5. The smallest absolute Gasteiger partial charge is 0.416 e. The molecular weight excluding hydrogens is 467 g/mol. The number of nitrogens with zero attached hydrogens (tertiary/aromatic N) is 1. The van der Waals surface area contributed by atoms with Crippen LogP contribution >= 0.6 is 11.8 Å². The Morgan fingerprint density at radius 3 is 2.56 bits per heavy atom. The number of halogens is 3. The van der Waals surface area contributed by atoms with E-state index in [1.807, 2.05) is 37.3 Å². The van der Waals surface area contributed by atoms with Gasteiger partial charge in [0.1, 0.15) is 11.3 Å². The first kappa shape index (κ1) is 23.7. The largest absolute Gasteiger partial charge is 0.482 e. The van der Waals surface area contributed by atoms with Gasteiger partial charge < -0.3 is 14.3 Å². The molecule has 1 heterocycles. The maximum Gasteiger partial charge on any atom is 0.416 e. The van der Waals surface area contributed by atoms with Crippen molar-refractivity contribution >= 4 is 28.8 Å². The molecule has 0 amide bonds. The van der Waals surface area contributed by atoms with Gasteiger partial charge in [-0.1, -0.05) is 12.1 Å². The fourth-order valence-electron chi connectivity index (χ4n) is 3.42. The normalized spacial score (nSPS) is 11.6. The molecule has 0 aliphatic rings. The van der Waals surface area contributed by atoms with Crippen LogP contribution in [0.1, 0.15) is 16.7 Å². The molecule has 0 radical (unpaired) electrons. The molecule has 1 aromatic heterocycles. The number of benzene rings is 3. The molecule has 5 nitrogen and oxygen atoms in total. The quantitative estimate of drug-likeness (QED) is 0.282. The second-order valence-corrected chi connectivity index (χ2v) is 8.74. The number of carbonyl (C=O) groups is 1. The molecule has 0 fully saturated rings. The molecule has 0 aliphatic heterocycles. The average molecular weight is 487 g/mol. The molecule has 1 N–H and O–H groups in total. The molecule has 0 saturated heterocycles. The summed E-state index contributed by atoms with van der Waals surface area (Å²) in [5.74, 6) is 0.538. The summed E-state index contributed by atoms with van der Waals surface area (Å²) < 4.78 is 49.6. The molecule has 9 heteroatoms. The Morgan fingerprint density at radius 1 is 1.12 bits per heavy atom. The van der Waals surface area contributed by atoms with Gasteiger partial charge in [0, 0.05) is 16.2 Å². The maximum absolute atomic E-state index is 12.8. The summed E-state index contributed by atoms with van der Waals surface area (Å²) in [6.45, 7) is 1.47. The van der Waals surface area contributed by atoms with Crippen molar-refractivity contribution < 1.29 is 32.2 Å². The van der Waals surface area contributed by atoms with Crippen molar-refractivity contribution in [1.82, 2.24) is 4.98 Å². The molecule has 3 aromatic carbocycles. The third-order valence-corrected chi connectivity index (χ3v) is 6.09. The minimum Gasteiger partial charge on any atom is -0.482 e. The third-order valence-electron chi connectivity index (χ3n) is 5.09. The van der Waals surface area contributed by atoms with Gasteiger partial charge in [-0.05, 0) is 73.0 Å². The molecule has 0 saturated carbocycles. The predicted molar refractivity (Wildman–Crippen MR) is 123 cm³/mol. The number of oxazole rings is 1. The van der Waals surface area contributed by atoms with Gasteiger partial charge in [0.05, 0.1) is 5.56 Å². The van der Waals surface area contributed by atoms with E-state index < -0.39 is 17.7 Å².